The van der Waals surface area contributed by atoms with Crippen LogP contribution in [-0.2, 0) is 16.0 Å². The van der Waals surface area contributed by atoms with Gasteiger partial charge in [-0.05, 0) is 17.5 Å². The van der Waals surface area contributed by atoms with Crippen molar-refractivity contribution in [2.24, 2.45) is 5.92 Å². The molecule has 6 heteroatoms. The highest BCUT2D eigenvalue weighted by molar-refractivity contribution is 5.90. The van der Waals surface area contributed by atoms with Crippen molar-refractivity contribution in [3.8, 4) is 0 Å². The first-order valence-corrected chi connectivity index (χ1v) is 6.36. The zero-order valence-corrected chi connectivity index (χ0v) is 11.7. The number of rotatable bonds is 7. The van der Waals surface area contributed by atoms with Crippen LogP contribution in [0.4, 0.5) is 10.5 Å². The molecule has 6 nitrogen and oxygen atoms in total. The smallest absolute Gasteiger partial charge is 0.319 e. The molecule has 1 atom stereocenters. The molecule has 110 valence electrons. The number of carboxylic acid groups (broad SMARTS) is 1. The Morgan fingerprint density at radius 3 is 2.70 bits per heavy atom. The molecule has 0 aliphatic carbocycles. The number of amides is 2. The molecule has 3 N–H and O–H groups in total. The van der Waals surface area contributed by atoms with Gasteiger partial charge in [-0.1, -0.05) is 25.1 Å². The molecular weight excluding hydrogens is 260 g/mol. The van der Waals surface area contributed by atoms with E-state index < -0.39 is 5.97 Å². The Labute approximate surface area is 118 Å². The lowest BCUT2D eigenvalue weighted by atomic mass is 10.1. The highest BCUT2D eigenvalue weighted by Gasteiger charge is 2.10. The number of para-hydroxylation sites is 1. The van der Waals surface area contributed by atoms with Crippen LogP contribution in [0.2, 0.25) is 0 Å². The highest BCUT2D eigenvalue weighted by atomic mass is 16.5. The minimum Gasteiger partial charge on any atom is -0.481 e. The molecule has 20 heavy (non-hydrogen) atoms. The molecule has 0 heterocycles. The predicted molar refractivity (Wildman–Crippen MR) is 75.8 cm³/mol. The highest BCUT2D eigenvalue weighted by Crippen LogP contribution is 2.15. The van der Waals surface area contributed by atoms with Gasteiger partial charge in [0, 0.05) is 19.3 Å². The molecule has 0 aliphatic heterocycles. The lowest BCUT2D eigenvalue weighted by Gasteiger charge is -2.13. The largest absolute Gasteiger partial charge is 0.481 e. The molecule has 0 aliphatic rings. The number of carbonyl (C=O) groups is 2. The molecule has 1 aromatic carbocycles. The molecule has 2 amide bonds. The van der Waals surface area contributed by atoms with E-state index in [-0.39, 0.29) is 18.4 Å². The number of hydrogen-bond donors (Lipinski definition) is 3. The molecule has 0 radical (unpaired) electrons. The average molecular weight is 280 g/mol. The second-order valence-corrected chi connectivity index (χ2v) is 4.62. The lowest BCUT2D eigenvalue weighted by Crippen LogP contribution is -2.33. The number of urea groups is 1. The summed E-state index contributed by atoms with van der Waals surface area (Å²) in [4.78, 5) is 22.5. The Morgan fingerprint density at radius 1 is 1.35 bits per heavy atom. The number of methoxy groups -OCH3 is 1. The molecule has 0 saturated heterocycles. The van der Waals surface area contributed by atoms with Gasteiger partial charge in [0.2, 0.25) is 0 Å². The topological polar surface area (TPSA) is 87.7 Å². The maximum atomic E-state index is 11.7. The first-order chi connectivity index (χ1) is 9.52. The number of carbonyl (C=O) groups excluding carboxylic acids is 1. The van der Waals surface area contributed by atoms with Crippen LogP contribution >= 0.6 is 0 Å². The minimum atomic E-state index is -0.937. The van der Waals surface area contributed by atoms with E-state index in [0.29, 0.717) is 24.4 Å². The predicted octanol–water partition coefficient (Wildman–Crippen LogP) is 1.72. The van der Waals surface area contributed by atoms with E-state index in [4.69, 9.17) is 9.84 Å². The number of ether oxygens (including phenoxy) is 1. The second-order valence-electron chi connectivity index (χ2n) is 4.62. The van der Waals surface area contributed by atoms with Gasteiger partial charge in [-0.15, -0.1) is 0 Å². The zero-order chi connectivity index (χ0) is 15.0. The Morgan fingerprint density at radius 2 is 2.05 bits per heavy atom. The fourth-order valence-electron chi connectivity index (χ4n) is 1.74. The van der Waals surface area contributed by atoms with Crippen molar-refractivity contribution in [2.45, 2.75) is 13.3 Å². The van der Waals surface area contributed by atoms with Crippen LogP contribution in [0.25, 0.3) is 0 Å². The summed E-state index contributed by atoms with van der Waals surface area (Å²) in [6, 6.07) is 6.48. The van der Waals surface area contributed by atoms with Crippen molar-refractivity contribution in [1.29, 1.82) is 0 Å². The third kappa shape index (κ3) is 5.71. The molecule has 0 aromatic heterocycles. The monoisotopic (exact) mass is 280 g/mol. The van der Waals surface area contributed by atoms with Gasteiger partial charge in [-0.2, -0.15) is 0 Å². The number of anilines is 1. The number of hydrogen-bond acceptors (Lipinski definition) is 3. The minimum absolute atomic E-state index is 0.128. The van der Waals surface area contributed by atoms with Crippen LogP contribution in [0.5, 0.6) is 0 Å². The SMILES string of the molecule is COCC(C)CNC(=O)Nc1ccccc1CC(=O)O. The van der Waals surface area contributed by atoms with E-state index in [0.717, 1.165) is 0 Å². The summed E-state index contributed by atoms with van der Waals surface area (Å²) < 4.78 is 4.98. The summed E-state index contributed by atoms with van der Waals surface area (Å²) in [5, 5.41) is 14.2. The summed E-state index contributed by atoms with van der Waals surface area (Å²) in [6.45, 7) is 3.01. The van der Waals surface area contributed by atoms with Gasteiger partial charge in [0.1, 0.15) is 0 Å². The lowest BCUT2D eigenvalue weighted by molar-refractivity contribution is -0.136. The molecule has 0 saturated carbocycles. The first kappa shape index (κ1) is 16.0. The summed E-state index contributed by atoms with van der Waals surface area (Å²) in [5.74, 6) is -0.728. The molecular formula is C14H20N2O4. The molecule has 1 unspecified atom stereocenters. The summed E-state index contributed by atoms with van der Waals surface area (Å²) in [7, 11) is 1.61. The number of benzene rings is 1. The van der Waals surface area contributed by atoms with Crippen molar-refractivity contribution in [3.05, 3.63) is 29.8 Å². The third-order valence-electron chi connectivity index (χ3n) is 2.67. The third-order valence-corrected chi connectivity index (χ3v) is 2.67. The van der Waals surface area contributed by atoms with Gasteiger partial charge in [0.25, 0.3) is 0 Å². The average Bonchev–Trinajstić information content (AvgIpc) is 2.38. The number of carboxylic acids is 1. The van der Waals surface area contributed by atoms with Gasteiger partial charge in [0.05, 0.1) is 13.0 Å². The summed E-state index contributed by atoms with van der Waals surface area (Å²) in [6.07, 6.45) is -0.128. The molecule has 1 rings (SSSR count). The van der Waals surface area contributed by atoms with Gasteiger partial charge >= 0.3 is 12.0 Å². The van der Waals surface area contributed by atoms with Crippen molar-refractivity contribution in [2.75, 3.05) is 25.6 Å². The molecule has 0 bridgehead atoms. The maximum absolute atomic E-state index is 11.7. The Hall–Kier alpha value is -2.08. The van der Waals surface area contributed by atoms with Gasteiger partial charge in [0.15, 0.2) is 0 Å². The standard InChI is InChI=1S/C14H20N2O4/c1-10(9-20-2)8-15-14(19)16-12-6-4-3-5-11(12)7-13(17)18/h3-6,10H,7-9H2,1-2H3,(H,17,18)(H2,15,16,19). The van der Waals surface area contributed by atoms with E-state index in [1.165, 1.54) is 0 Å². The number of nitrogens with one attached hydrogen (secondary N) is 2. The van der Waals surface area contributed by atoms with Gasteiger partial charge in [-0.3, -0.25) is 4.79 Å². The van der Waals surface area contributed by atoms with E-state index in [9.17, 15) is 9.59 Å². The van der Waals surface area contributed by atoms with Crippen LogP contribution in [-0.4, -0.2) is 37.4 Å². The second kappa shape index (κ2) is 8.16. The summed E-state index contributed by atoms with van der Waals surface area (Å²) >= 11 is 0. The molecule has 0 fully saturated rings. The zero-order valence-electron chi connectivity index (χ0n) is 11.7. The Bertz CT molecular complexity index is 462. The van der Waals surface area contributed by atoms with Crippen molar-refractivity contribution >= 4 is 17.7 Å². The molecule has 0 spiro atoms. The van der Waals surface area contributed by atoms with Crippen LogP contribution in [0.15, 0.2) is 24.3 Å². The van der Waals surface area contributed by atoms with Crippen molar-refractivity contribution < 1.29 is 19.4 Å². The van der Waals surface area contributed by atoms with E-state index in [2.05, 4.69) is 10.6 Å². The quantitative estimate of drug-likeness (QED) is 0.709. The van der Waals surface area contributed by atoms with E-state index in [1.807, 2.05) is 6.92 Å². The van der Waals surface area contributed by atoms with Gasteiger partial charge < -0.3 is 20.5 Å². The normalized spacial score (nSPS) is 11.7. The maximum Gasteiger partial charge on any atom is 0.319 e. The summed E-state index contributed by atoms with van der Waals surface area (Å²) in [5.41, 5.74) is 1.08. The Balaban J connectivity index is 2.55. The number of aliphatic carboxylic acids is 1. The van der Waals surface area contributed by atoms with Crippen molar-refractivity contribution in [3.63, 3.8) is 0 Å². The van der Waals surface area contributed by atoms with Crippen LogP contribution < -0.4 is 10.6 Å². The first-order valence-electron chi connectivity index (χ1n) is 6.36. The molecule has 1 aromatic rings. The fraction of sp³-hybridized carbons (Fsp3) is 0.429. The van der Waals surface area contributed by atoms with Crippen LogP contribution in [0.1, 0.15) is 12.5 Å². The van der Waals surface area contributed by atoms with E-state index >= 15 is 0 Å². The van der Waals surface area contributed by atoms with E-state index in [1.54, 1.807) is 31.4 Å². The fourth-order valence-corrected chi connectivity index (χ4v) is 1.74. The van der Waals surface area contributed by atoms with Crippen molar-refractivity contribution in [1.82, 2.24) is 5.32 Å². The van der Waals surface area contributed by atoms with Crippen LogP contribution in [0.3, 0.4) is 0 Å². The van der Waals surface area contributed by atoms with Crippen LogP contribution in [0, 0.1) is 5.92 Å². The van der Waals surface area contributed by atoms with Gasteiger partial charge in [-0.25, -0.2) is 4.79 Å². The Kier molecular flexibility index (Phi) is 6.52.